The zero-order valence-corrected chi connectivity index (χ0v) is 19.2. The summed E-state index contributed by atoms with van der Waals surface area (Å²) in [5.74, 6) is -1.31. The first-order valence-corrected chi connectivity index (χ1v) is 12.4. The van der Waals surface area contributed by atoms with Crippen LogP contribution in [0, 0.1) is 5.92 Å². The van der Waals surface area contributed by atoms with Crippen LogP contribution in [-0.4, -0.2) is 62.4 Å². The molecule has 1 aromatic heterocycles. The number of rotatable bonds is 8. The Morgan fingerprint density at radius 2 is 1.87 bits per heavy atom. The van der Waals surface area contributed by atoms with Crippen molar-refractivity contribution in [2.45, 2.75) is 23.1 Å². The number of hydrogen-bond acceptors (Lipinski definition) is 6. The zero-order chi connectivity index (χ0) is 22.6. The Balaban J connectivity index is 1.73. The molecule has 2 aromatic rings. The fourth-order valence-electron chi connectivity index (χ4n) is 3.52. The van der Waals surface area contributed by atoms with Gasteiger partial charge in [-0.1, -0.05) is 0 Å². The fraction of sp³-hybridized carbons (Fsp3) is 0.400. The second-order valence-corrected chi connectivity index (χ2v) is 10.4. The van der Waals surface area contributed by atoms with Crippen molar-refractivity contribution in [2.75, 3.05) is 26.1 Å². The Morgan fingerprint density at radius 3 is 2.42 bits per heavy atom. The molecule has 1 aliphatic rings. The zero-order valence-electron chi connectivity index (χ0n) is 16.8. The molecule has 1 fully saturated rings. The van der Waals surface area contributed by atoms with Crippen molar-refractivity contribution in [1.82, 2.24) is 9.62 Å². The van der Waals surface area contributed by atoms with Gasteiger partial charge < -0.3 is 14.7 Å². The largest absolute Gasteiger partial charge is 0.497 e. The van der Waals surface area contributed by atoms with Gasteiger partial charge in [0.1, 0.15) is 21.9 Å². The van der Waals surface area contributed by atoms with E-state index in [1.807, 2.05) is 12.1 Å². The van der Waals surface area contributed by atoms with Gasteiger partial charge in [-0.2, -0.15) is 4.72 Å². The molecule has 0 saturated carbocycles. The van der Waals surface area contributed by atoms with Crippen LogP contribution in [0.5, 0.6) is 5.75 Å². The number of thiophene rings is 1. The van der Waals surface area contributed by atoms with Crippen molar-refractivity contribution >= 4 is 44.8 Å². The topological polar surface area (TPSA) is 113 Å². The number of sulfonamides is 1. The number of nitrogens with zero attached hydrogens (tertiary/aromatic N) is 1. The lowest BCUT2D eigenvalue weighted by atomic mass is 9.90. The van der Waals surface area contributed by atoms with E-state index in [9.17, 15) is 23.1 Å². The molecule has 0 aliphatic carbocycles. The van der Waals surface area contributed by atoms with Crippen LogP contribution >= 0.6 is 22.9 Å². The Labute approximate surface area is 189 Å². The first kappa shape index (κ1) is 23.5. The van der Waals surface area contributed by atoms with Gasteiger partial charge in [0.15, 0.2) is 0 Å². The normalized spacial score (nSPS) is 16.1. The second-order valence-electron chi connectivity index (χ2n) is 7.14. The van der Waals surface area contributed by atoms with Crippen molar-refractivity contribution in [3.05, 3.63) is 36.4 Å². The number of methoxy groups -OCH3 is 1. The van der Waals surface area contributed by atoms with Gasteiger partial charge in [0.2, 0.25) is 5.91 Å². The van der Waals surface area contributed by atoms with Crippen LogP contribution in [0.15, 0.2) is 40.6 Å². The maximum Gasteiger partial charge on any atom is 0.322 e. The molecule has 0 bridgehead atoms. The molecule has 11 heteroatoms. The average molecular weight is 487 g/mol. The molecule has 0 unspecified atom stereocenters. The third-order valence-electron chi connectivity index (χ3n) is 5.25. The highest BCUT2D eigenvalue weighted by atomic mass is 35.5. The predicted octanol–water partition coefficient (Wildman–Crippen LogP) is 2.63. The van der Waals surface area contributed by atoms with Crippen molar-refractivity contribution in [3.8, 4) is 16.2 Å². The third-order valence-corrected chi connectivity index (χ3v) is 8.54. The smallest absolute Gasteiger partial charge is 0.322 e. The fourth-order valence-corrected chi connectivity index (χ4v) is 6.27. The van der Waals surface area contributed by atoms with Gasteiger partial charge in [0.05, 0.1) is 7.11 Å². The summed E-state index contributed by atoms with van der Waals surface area (Å²) in [4.78, 5) is 25.8. The van der Waals surface area contributed by atoms with Crippen LogP contribution in [0.1, 0.15) is 12.8 Å². The number of carboxylic acids is 1. The van der Waals surface area contributed by atoms with E-state index >= 15 is 0 Å². The maximum absolute atomic E-state index is 12.9. The first-order chi connectivity index (χ1) is 14.7. The summed E-state index contributed by atoms with van der Waals surface area (Å²) in [5, 5.41) is 9.65. The number of benzene rings is 1. The molecule has 1 saturated heterocycles. The lowest BCUT2D eigenvalue weighted by molar-refractivity contribution is -0.141. The number of carbonyl (C=O) groups is 2. The van der Waals surface area contributed by atoms with E-state index in [1.165, 1.54) is 6.07 Å². The molecule has 168 valence electrons. The molecule has 8 nitrogen and oxygen atoms in total. The van der Waals surface area contributed by atoms with E-state index in [0.717, 1.165) is 21.8 Å². The summed E-state index contributed by atoms with van der Waals surface area (Å²) in [6, 6.07) is 9.09. The van der Waals surface area contributed by atoms with Crippen LogP contribution in [0.3, 0.4) is 0 Å². The molecule has 1 aliphatic heterocycles. The van der Waals surface area contributed by atoms with Gasteiger partial charge >= 0.3 is 5.97 Å². The third kappa shape index (κ3) is 5.57. The number of halogens is 1. The van der Waals surface area contributed by atoms with E-state index in [2.05, 4.69) is 4.72 Å². The SMILES string of the molecule is COc1ccc(-c2ccc(S(=O)(=O)N[C@@H](C(=O)O)C3CCN(C(=O)CCl)CC3)s2)cc1. The summed E-state index contributed by atoms with van der Waals surface area (Å²) in [6.45, 7) is 0.699. The van der Waals surface area contributed by atoms with Crippen molar-refractivity contribution in [1.29, 1.82) is 0 Å². The average Bonchev–Trinajstić information content (AvgIpc) is 3.28. The summed E-state index contributed by atoms with van der Waals surface area (Å²) in [5.41, 5.74) is 0.832. The number of carboxylic acid groups (broad SMARTS) is 1. The molecule has 1 atom stereocenters. The molecule has 2 heterocycles. The van der Waals surface area contributed by atoms with Crippen LogP contribution in [0.4, 0.5) is 0 Å². The highest BCUT2D eigenvalue weighted by Gasteiger charge is 2.36. The van der Waals surface area contributed by atoms with Gasteiger partial charge in [-0.25, -0.2) is 8.42 Å². The number of likely N-dealkylation sites (tertiary alicyclic amines) is 1. The minimum Gasteiger partial charge on any atom is -0.497 e. The molecule has 1 amide bonds. The number of amides is 1. The molecule has 2 N–H and O–H groups in total. The highest BCUT2D eigenvalue weighted by molar-refractivity contribution is 7.91. The quantitative estimate of drug-likeness (QED) is 0.554. The Kier molecular flexibility index (Phi) is 7.58. The first-order valence-electron chi connectivity index (χ1n) is 9.58. The Bertz CT molecular complexity index is 1030. The van der Waals surface area contributed by atoms with Gasteiger partial charge in [-0.15, -0.1) is 22.9 Å². The monoisotopic (exact) mass is 486 g/mol. The highest BCUT2D eigenvalue weighted by Crippen LogP contribution is 2.32. The van der Waals surface area contributed by atoms with E-state index in [4.69, 9.17) is 16.3 Å². The number of hydrogen-bond donors (Lipinski definition) is 2. The molecule has 1 aromatic carbocycles. The summed E-state index contributed by atoms with van der Waals surface area (Å²) in [7, 11) is -2.46. The van der Waals surface area contributed by atoms with Gasteiger partial charge in [-0.05, 0) is 60.7 Å². The Hall–Kier alpha value is -2.14. The lowest BCUT2D eigenvalue weighted by Gasteiger charge is -2.34. The van der Waals surface area contributed by atoms with Crippen LogP contribution in [-0.2, 0) is 19.6 Å². The van der Waals surface area contributed by atoms with Gasteiger partial charge in [-0.3, -0.25) is 9.59 Å². The van der Waals surface area contributed by atoms with Crippen LogP contribution in [0.2, 0.25) is 0 Å². The number of alkyl halides is 1. The minimum atomic E-state index is -4.03. The standard InChI is InChI=1S/C20H23ClN2O6S2/c1-29-15-4-2-13(3-5-15)16-6-7-18(30-16)31(27,28)22-19(20(25)26)14-8-10-23(11-9-14)17(24)12-21/h2-7,14,19,22H,8-12H2,1H3,(H,25,26)/t19-/m1/s1. The molecule has 0 radical (unpaired) electrons. The summed E-state index contributed by atoms with van der Waals surface area (Å²) >= 11 is 6.63. The molecule has 31 heavy (non-hydrogen) atoms. The number of piperidine rings is 1. The number of ether oxygens (including phenoxy) is 1. The number of nitrogens with one attached hydrogen (secondary N) is 1. The maximum atomic E-state index is 12.9. The molecular weight excluding hydrogens is 464 g/mol. The van der Waals surface area contributed by atoms with Gasteiger partial charge in [0.25, 0.3) is 10.0 Å². The van der Waals surface area contributed by atoms with E-state index in [0.29, 0.717) is 31.7 Å². The van der Waals surface area contributed by atoms with Crippen molar-refractivity contribution in [3.63, 3.8) is 0 Å². The number of aliphatic carboxylic acids is 1. The Morgan fingerprint density at radius 1 is 1.23 bits per heavy atom. The molecule has 0 spiro atoms. The summed E-state index contributed by atoms with van der Waals surface area (Å²) in [6.07, 6.45) is 0.757. The van der Waals surface area contributed by atoms with Crippen molar-refractivity contribution < 1.29 is 27.9 Å². The minimum absolute atomic E-state index is 0.0410. The van der Waals surface area contributed by atoms with Crippen molar-refractivity contribution in [2.24, 2.45) is 5.92 Å². The second kappa shape index (κ2) is 9.99. The van der Waals surface area contributed by atoms with Crippen LogP contribution < -0.4 is 9.46 Å². The molecular formula is C20H23ClN2O6S2. The predicted molar refractivity (Wildman–Crippen MR) is 118 cm³/mol. The molecule has 3 rings (SSSR count). The number of carbonyl (C=O) groups excluding carboxylic acids is 1. The summed E-state index contributed by atoms with van der Waals surface area (Å²) < 4.78 is 33.3. The van der Waals surface area contributed by atoms with E-state index in [-0.39, 0.29) is 16.0 Å². The van der Waals surface area contributed by atoms with E-state index < -0.39 is 28.0 Å². The lowest BCUT2D eigenvalue weighted by Crippen LogP contribution is -2.50. The van der Waals surface area contributed by atoms with E-state index in [1.54, 1.807) is 30.2 Å². The van der Waals surface area contributed by atoms with Gasteiger partial charge in [0, 0.05) is 18.0 Å². The van der Waals surface area contributed by atoms with Crippen LogP contribution in [0.25, 0.3) is 10.4 Å².